The summed E-state index contributed by atoms with van der Waals surface area (Å²) in [4.78, 5) is 26.9. The van der Waals surface area contributed by atoms with Crippen LogP contribution in [-0.4, -0.2) is 40.0 Å². The molecule has 6 nitrogen and oxygen atoms in total. The van der Waals surface area contributed by atoms with Gasteiger partial charge in [0.2, 0.25) is 5.01 Å². The summed E-state index contributed by atoms with van der Waals surface area (Å²) < 4.78 is 0. The number of carbonyl (C=O) groups excluding carboxylic acids is 2. The fourth-order valence-electron chi connectivity index (χ4n) is 2.86. The Morgan fingerprint density at radius 1 is 1.16 bits per heavy atom. The molecule has 0 atom stereocenters. The van der Waals surface area contributed by atoms with Crippen LogP contribution >= 0.6 is 11.3 Å². The maximum atomic E-state index is 12.7. The van der Waals surface area contributed by atoms with Gasteiger partial charge < -0.3 is 10.2 Å². The standard InChI is InChI=1S/C18H22N4O2S/c1-2-15-20-21-17(25-15)16(23)19-14-9-7-8-13(12-14)18(24)22-10-5-3-4-6-11-22/h7-9,12H,2-6,10-11H2,1H3,(H,19,23). The lowest BCUT2D eigenvalue weighted by Gasteiger charge is -2.20. The lowest BCUT2D eigenvalue weighted by atomic mass is 10.1. The van der Waals surface area contributed by atoms with Gasteiger partial charge in [0.25, 0.3) is 11.8 Å². The van der Waals surface area contributed by atoms with Crippen molar-refractivity contribution in [3.63, 3.8) is 0 Å². The first-order valence-corrected chi connectivity index (χ1v) is 9.52. The van der Waals surface area contributed by atoms with E-state index in [0.29, 0.717) is 16.3 Å². The molecule has 0 spiro atoms. The van der Waals surface area contributed by atoms with Crippen molar-refractivity contribution in [1.82, 2.24) is 15.1 Å². The second-order valence-electron chi connectivity index (χ2n) is 6.10. The number of aromatic nitrogens is 2. The molecule has 2 amide bonds. The molecule has 3 rings (SSSR count). The first-order valence-electron chi connectivity index (χ1n) is 8.70. The molecule has 0 unspecified atom stereocenters. The minimum Gasteiger partial charge on any atom is -0.339 e. The van der Waals surface area contributed by atoms with Gasteiger partial charge in [0, 0.05) is 24.3 Å². The molecule has 1 saturated heterocycles. The van der Waals surface area contributed by atoms with Crippen LogP contribution in [0.4, 0.5) is 5.69 Å². The van der Waals surface area contributed by atoms with Crippen LogP contribution in [0.15, 0.2) is 24.3 Å². The Hall–Kier alpha value is -2.28. The average Bonchev–Trinajstić information content (AvgIpc) is 2.96. The Labute approximate surface area is 151 Å². The van der Waals surface area contributed by atoms with Crippen LogP contribution in [0.3, 0.4) is 0 Å². The molecule has 1 aliphatic heterocycles. The number of benzene rings is 1. The second-order valence-corrected chi connectivity index (χ2v) is 7.16. The zero-order valence-corrected chi connectivity index (χ0v) is 15.1. The van der Waals surface area contributed by atoms with Gasteiger partial charge in [-0.1, -0.05) is 37.2 Å². The monoisotopic (exact) mass is 358 g/mol. The highest BCUT2D eigenvalue weighted by atomic mass is 32.1. The Bertz CT molecular complexity index is 751. The fraction of sp³-hybridized carbons (Fsp3) is 0.444. The average molecular weight is 358 g/mol. The number of hydrogen-bond acceptors (Lipinski definition) is 5. The number of carbonyl (C=O) groups is 2. The molecular formula is C18H22N4O2S. The maximum absolute atomic E-state index is 12.7. The highest BCUT2D eigenvalue weighted by molar-refractivity contribution is 7.13. The van der Waals surface area contributed by atoms with Crippen molar-refractivity contribution in [3.05, 3.63) is 39.8 Å². The second kappa shape index (κ2) is 8.20. The largest absolute Gasteiger partial charge is 0.339 e. The molecule has 1 aliphatic rings. The number of anilines is 1. The summed E-state index contributed by atoms with van der Waals surface area (Å²) in [5.74, 6) is -0.265. The van der Waals surface area contributed by atoms with E-state index in [1.807, 2.05) is 11.8 Å². The van der Waals surface area contributed by atoms with Crippen molar-refractivity contribution in [2.75, 3.05) is 18.4 Å². The summed E-state index contributed by atoms with van der Waals surface area (Å²) in [6.45, 7) is 3.58. The summed E-state index contributed by atoms with van der Waals surface area (Å²) in [6, 6.07) is 7.09. The van der Waals surface area contributed by atoms with Gasteiger partial charge in [0.15, 0.2) is 0 Å². The summed E-state index contributed by atoms with van der Waals surface area (Å²) in [5.41, 5.74) is 1.20. The summed E-state index contributed by atoms with van der Waals surface area (Å²) in [6.07, 6.45) is 5.23. The SMILES string of the molecule is CCc1nnc(C(=O)Nc2cccc(C(=O)N3CCCCCC3)c2)s1. The first-order chi connectivity index (χ1) is 12.2. The number of hydrogen-bond donors (Lipinski definition) is 1. The molecule has 2 aromatic rings. The van der Waals surface area contributed by atoms with E-state index in [1.165, 1.54) is 24.2 Å². The number of amides is 2. The minimum atomic E-state index is -0.295. The van der Waals surface area contributed by atoms with Crippen LogP contribution in [0.2, 0.25) is 0 Å². The van der Waals surface area contributed by atoms with Crippen LogP contribution in [-0.2, 0) is 6.42 Å². The quantitative estimate of drug-likeness (QED) is 0.909. The summed E-state index contributed by atoms with van der Waals surface area (Å²) in [7, 11) is 0. The van der Waals surface area contributed by atoms with Gasteiger partial charge in [0.05, 0.1) is 0 Å². The molecule has 132 valence electrons. The molecule has 0 bridgehead atoms. The molecule has 1 aromatic carbocycles. The third kappa shape index (κ3) is 4.42. The van der Waals surface area contributed by atoms with Gasteiger partial charge in [-0.3, -0.25) is 9.59 Å². The van der Waals surface area contributed by atoms with Crippen LogP contribution in [0.1, 0.15) is 57.8 Å². The molecule has 1 fully saturated rings. The Morgan fingerprint density at radius 2 is 1.92 bits per heavy atom. The van der Waals surface area contributed by atoms with Crippen molar-refractivity contribution in [2.24, 2.45) is 0 Å². The first kappa shape index (κ1) is 17.5. The van der Waals surface area contributed by atoms with E-state index >= 15 is 0 Å². The van der Waals surface area contributed by atoms with Crippen molar-refractivity contribution in [3.8, 4) is 0 Å². The summed E-state index contributed by atoms with van der Waals surface area (Å²) in [5, 5.41) is 11.8. The normalized spacial score (nSPS) is 14.8. The number of nitrogens with one attached hydrogen (secondary N) is 1. The third-order valence-electron chi connectivity index (χ3n) is 4.22. The topological polar surface area (TPSA) is 75.2 Å². The molecule has 25 heavy (non-hydrogen) atoms. The fourth-order valence-corrected chi connectivity index (χ4v) is 3.53. The lowest BCUT2D eigenvalue weighted by Crippen LogP contribution is -2.31. The molecule has 7 heteroatoms. The van der Waals surface area contributed by atoms with Crippen molar-refractivity contribution < 1.29 is 9.59 Å². The highest BCUT2D eigenvalue weighted by Crippen LogP contribution is 2.18. The van der Waals surface area contributed by atoms with E-state index in [2.05, 4.69) is 15.5 Å². The lowest BCUT2D eigenvalue weighted by molar-refractivity contribution is 0.0761. The van der Waals surface area contributed by atoms with Crippen molar-refractivity contribution >= 4 is 28.8 Å². The number of likely N-dealkylation sites (tertiary alicyclic amines) is 1. The van der Waals surface area contributed by atoms with Gasteiger partial charge in [-0.2, -0.15) is 0 Å². The predicted molar refractivity (Wildman–Crippen MR) is 98.1 cm³/mol. The van der Waals surface area contributed by atoms with Crippen LogP contribution in [0.25, 0.3) is 0 Å². The smallest absolute Gasteiger partial charge is 0.286 e. The molecule has 1 aromatic heterocycles. The van der Waals surface area contributed by atoms with Crippen molar-refractivity contribution in [1.29, 1.82) is 0 Å². The molecule has 1 N–H and O–H groups in total. The van der Waals surface area contributed by atoms with E-state index in [0.717, 1.165) is 37.4 Å². The van der Waals surface area contributed by atoms with E-state index in [-0.39, 0.29) is 11.8 Å². The Balaban J connectivity index is 1.70. The van der Waals surface area contributed by atoms with Crippen LogP contribution in [0.5, 0.6) is 0 Å². The zero-order chi connectivity index (χ0) is 17.6. The number of aryl methyl sites for hydroxylation is 1. The van der Waals surface area contributed by atoms with Gasteiger partial charge in [-0.25, -0.2) is 0 Å². The van der Waals surface area contributed by atoms with Gasteiger partial charge in [-0.15, -0.1) is 10.2 Å². The number of rotatable bonds is 4. The van der Waals surface area contributed by atoms with E-state index < -0.39 is 0 Å². The summed E-state index contributed by atoms with van der Waals surface area (Å²) >= 11 is 1.29. The van der Waals surface area contributed by atoms with Gasteiger partial charge >= 0.3 is 0 Å². The Kier molecular flexibility index (Phi) is 5.75. The van der Waals surface area contributed by atoms with Crippen LogP contribution in [0, 0.1) is 0 Å². The molecular weight excluding hydrogens is 336 g/mol. The third-order valence-corrected chi connectivity index (χ3v) is 5.29. The van der Waals surface area contributed by atoms with Crippen LogP contribution < -0.4 is 5.32 Å². The zero-order valence-electron chi connectivity index (χ0n) is 14.3. The van der Waals surface area contributed by atoms with Gasteiger partial charge in [-0.05, 0) is 37.5 Å². The molecule has 0 radical (unpaired) electrons. The Morgan fingerprint density at radius 3 is 2.60 bits per heavy atom. The highest BCUT2D eigenvalue weighted by Gasteiger charge is 2.18. The number of nitrogens with zero attached hydrogens (tertiary/aromatic N) is 3. The molecule has 0 saturated carbocycles. The van der Waals surface area contributed by atoms with E-state index in [4.69, 9.17) is 0 Å². The molecule has 0 aliphatic carbocycles. The van der Waals surface area contributed by atoms with E-state index in [1.54, 1.807) is 24.3 Å². The van der Waals surface area contributed by atoms with Gasteiger partial charge in [0.1, 0.15) is 5.01 Å². The van der Waals surface area contributed by atoms with Crippen molar-refractivity contribution in [2.45, 2.75) is 39.0 Å². The predicted octanol–water partition coefficient (Wildman–Crippen LogP) is 3.37. The minimum absolute atomic E-state index is 0.0298. The maximum Gasteiger partial charge on any atom is 0.286 e. The molecule has 2 heterocycles. The van der Waals surface area contributed by atoms with E-state index in [9.17, 15) is 9.59 Å².